The first kappa shape index (κ1) is 27.8. The van der Waals surface area contributed by atoms with Crippen LogP contribution in [0.15, 0.2) is 71.8 Å². The monoisotopic (exact) mass is 549 g/mol. The Morgan fingerprint density at radius 2 is 1.85 bits per heavy atom. The van der Waals surface area contributed by atoms with E-state index in [-0.39, 0.29) is 29.1 Å². The minimum atomic E-state index is -3.47. The van der Waals surface area contributed by atoms with E-state index in [0.29, 0.717) is 40.4 Å². The van der Waals surface area contributed by atoms with Crippen molar-refractivity contribution in [1.29, 1.82) is 5.41 Å². The van der Waals surface area contributed by atoms with Crippen LogP contribution < -0.4 is 15.4 Å². The summed E-state index contributed by atoms with van der Waals surface area (Å²) in [5.74, 6) is 0.0781. The maximum Gasteiger partial charge on any atom is 0.188 e. The fraction of sp³-hybridized carbons (Fsp3) is 0.241. The van der Waals surface area contributed by atoms with Crippen molar-refractivity contribution in [1.82, 2.24) is 9.97 Å². The fourth-order valence-corrected chi connectivity index (χ4v) is 5.16. The molecular weight excluding hydrogens is 517 g/mol. The number of nitrogens with two attached hydrogens (primary N) is 1. The van der Waals surface area contributed by atoms with Crippen LogP contribution in [0.2, 0.25) is 0 Å². The molecule has 0 bridgehead atoms. The van der Waals surface area contributed by atoms with Gasteiger partial charge in [0.1, 0.15) is 11.7 Å². The summed E-state index contributed by atoms with van der Waals surface area (Å²) in [6.45, 7) is 5.81. The summed E-state index contributed by atoms with van der Waals surface area (Å²) >= 11 is 0. The Morgan fingerprint density at radius 1 is 1.15 bits per heavy atom. The van der Waals surface area contributed by atoms with Gasteiger partial charge in [0.05, 0.1) is 35.1 Å². The number of hydrogen-bond acceptors (Lipinski definition) is 6. The van der Waals surface area contributed by atoms with Crippen LogP contribution in [0.5, 0.6) is 5.75 Å². The first-order valence-electron chi connectivity index (χ1n) is 12.5. The van der Waals surface area contributed by atoms with Crippen LogP contribution in [-0.4, -0.2) is 36.6 Å². The molecule has 0 saturated carbocycles. The van der Waals surface area contributed by atoms with E-state index in [2.05, 4.69) is 9.97 Å². The second kappa shape index (κ2) is 11.3. The van der Waals surface area contributed by atoms with Gasteiger partial charge < -0.3 is 20.4 Å². The first-order valence-corrected chi connectivity index (χ1v) is 14.4. The lowest BCUT2D eigenvalue weighted by Crippen LogP contribution is -2.20. The molecule has 10 heteroatoms. The summed E-state index contributed by atoms with van der Waals surface area (Å²) in [6, 6.07) is 17.1. The Morgan fingerprint density at radius 3 is 2.46 bits per heavy atom. The van der Waals surface area contributed by atoms with Crippen molar-refractivity contribution < 1.29 is 17.5 Å². The number of nitrogen functional groups attached to an aromatic ring is 1. The van der Waals surface area contributed by atoms with Gasteiger partial charge in [-0.05, 0) is 68.3 Å². The largest absolute Gasteiger partial charge is 0.488 e. The van der Waals surface area contributed by atoms with E-state index in [0.717, 1.165) is 11.8 Å². The minimum Gasteiger partial charge on any atom is -0.488 e. The van der Waals surface area contributed by atoms with Crippen LogP contribution in [0, 0.1) is 11.2 Å². The van der Waals surface area contributed by atoms with Gasteiger partial charge in [0, 0.05) is 23.1 Å². The van der Waals surface area contributed by atoms with Crippen molar-refractivity contribution in [2.45, 2.75) is 44.7 Å². The molecule has 0 unspecified atom stereocenters. The Bertz CT molecular complexity index is 1600. The Kier molecular flexibility index (Phi) is 8.06. The number of rotatable bonds is 10. The zero-order valence-electron chi connectivity index (χ0n) is 22.3. The SMILES string of the molecule is CCc1cc(OC(C)C)c(F)c(N(Cc2ncc(-c3ccccc3S(C)(=O)=O)[nH]2)c2ccc(C(=N)N)cc2)c1. The molecule has 39 heavy (non-hydrogen) atoms. The van der Waals surface area contributed by atoms with E-state index in [1.165, 1.54) is 0 Å². The van der Waals surface area contributed by atoms with E-state index in [1.54, 1.807) is 71.8 Å². The summed E-state index contributed by atoms with van der Waals surface area (Å²) in [6.07, 6.45) is 3.19. The molecule has 1 heterocycles. The van der Waals surface area contributed by atoms with Crippen LogP contribution in [0.4, 0.5) is 15.8 Å². The lowest BCUT2D eigenvalue weighted by atomic mass is 10.1. The highest BCUT2D eigenvalue weighted by atomic mass is 32.2. The lowest BCUT2D eigenvalue weighted by Gasteiger charge is -2.27. The topological polar surface area (TPSA) is 125 Å². The highest BCUT2D eigenvalue weighted by Gasteiger charge is 2.22. The average Bonchev–Trinajstić information content (AvgIpc) is 3.36. The number of amidine groups is 1. The maximum absolute atomic E-state index is 15.9. The lowest BCUT2D eigenvalue weighted by molar-refractivity contribution is 0.231. The molecule has 0 amide bonds. The molecule has 4 aromatic rings. The molecule has 0 radical (unpaired) electrons. The van der Waals surface area contributed by atoms with Gasteiger partial charge in [0.2, 0.25) is 0 Å². The van der Waals surface area contributed by atoms with Gasteiger partial charge in [-0.1, -0.05) is 25.1 Å². The summed E-state index contributed by atoms with van der Waals surface area (Å²) in [5, 5.41) is 7.71. The number of H-pyrrole nitrogens is 1. The van der Waals surface area contributed by atoms with Crippen LogP contribution in [-0.2, 0) is 22.8 Å². The quantitative estimate of drug-likeness (QED) is 0.175. The van der Waals surface area contributed by atoms with Gasteiger partial charge in [-0.2, -0.15) is 0 Å². The predicted octanol–water partition coefficient (Wildman–Crippen LogP) is 5.59. The number of halogens is 1. The molecule has 0 atom stereocenters. The van der Waals surface area contributed by atoms with Crippen LogP contribution in [0.1, 0.15) is 37.7 Å². The smallest absolute Gasteiger partial charge is 0.188 e. The summed E-state index contributed by atoms with van der Waals surface area (Å²) < 4.78 is 46.4. The number of anilines is 2. The van der Waals surface area contributed by atoms with Gasteiger partial charge in [-0.25, -0.2) is 17.8 Å². The zero-order valence-corrected chi connectivity index (χ0v) is 23.1. The number of hydrogen-bond donors (Lipinski definition) is 3. The number of aryl methyl sites for hydroxylation is 1. The predicted molar refractivity (Wildman–Crippen MR) is 152 cm³/mol. The number of aromatic nitrogens is 2. The van der Waals surface area contributed by atoms with Gasteiger partial charge in [-0.15, -0.1) is 0 Å². The second-order valence-electron chi connectivity index (χ2n) is 9.51. The van der Waals surface area contributed by atoms with Gasteiger partial charge in [0.15, 0.2) is 21.4 Å². The molecule has 4 rings (SSSR count). The minimum absolute atomic E-state index is 0.0694. The van der Waals surface area contributed by atoms with Gasteiger partial charge >= 0.3 is 0 Å². The summed E-state index contributed by atoms with van der Waals surface area (Å²) in [4.78, 5) is 9.66. The third-order valence-electron chi connectivity index (χ3n) is 6.14. The van der Waals surface area contributed by atoms with E-state index in [9.17, 15) is 8.42 Å². The van der Waals surface area contributed by atoms with E-state index in [4.69, 9.17) is 15.9 Å². The van der Waals surface area contributed by atoms with Crippen LogP contribution in [0.25, 0.3) is 11.3 Å². The van der Waals surface area contributed by atoms with Gasteiger partial charge in [0.25, 0.3) is 0 Å². The van der Waals surface area contributed by atoms with Gasteiger partial charge in [-0.3, -0.25) is 5.41 Å². The third-order valence-corrected chi connectivity index (χ3v) is 7.30. The third kappa shape index (κ3) is 6.28. The molecule has 8 nitrogen and oxygen atoms in total. The zero-order chi connectivity index (χ0) is 28.3. The molecule has 1 aromatic heterocycles. The Labute approximate surface area is 228 Å². The van der Waals surface area contributed by atoms with Crippen molar-refractivity contribution in [3.63, 3.8) is 0 Å². The van der Waals surface area contributed by atoms with Crippen molar-refractivity contribution in [2.24, 2.45) is 5.73 Å². The van der Waals surface area contributed by atoms with Crippen LogP contribution >= 0.6 is 0 Å². The Hall–Kier alpha value is -4.18. The van der Waals surface area contributed by atoms with Crippen molar-refractivity contribution >= 4 is 27.0 Å². The number of imidazole rings is 1. The first-order chi connectivity index (χ1) is 18.5. The van der Waals surface area contributed by atoms with E-state index in [1.807, 2.05) is 20.8 Å². The molecular formula is C29H32FN5O3S. The van der Waals surface area contributed by atoms with E-state index < -0.39 is 15.7 Å². The number of nitrogens with zero attached hydrogens (tertiary/aromatic N) is 2. The van der Waals surface area contributed by atoms with E-state index >= 15 is 4.39 Å². The van der Waals surface area contributed by atoms with Crippen molar-refractivity contribution in [3.8, 4) is 17.0 Å². The molecule has 4 N–H and O–H groups in total. The molecule has 0 spiro atoms. The van der Waals surface area contributed by atoms with Crippen LogP contribution in [0.3, 0.4) is 0 Å². The number of sulfone groups is 1. The molecule has 0 saturated heterocycles. The number of aromatic amines is 1. The molecule has 204 valence electrons. The molecule has 0 fully saturated rings. The van der Waals surface area contributed by atoms with Crippen molar-refractivity contribution in [3.05, 3.63) is 89.6 Å². The Balaban J connectivity index is 1.81. The second-order valence-corrected chi connectivity index (χ2v) is 11.5. The number of ether oxygens (including phenoxy) is 1. The number of benzene rings is 3. The summed E-state index contributed by atoms with van der Waals surface area (Å²) in [7, 11) is -3.47. The molecule has 0 aliphatic rings. The highest BCUT2D eigenvalue weighted by molar-refractivity contribution is 7.90. The summed E-state index contributed by atoms with van der Waals surface area (Å²) in [5.41, 5.74) is 9.07. The van der Waals surface area contributed by atoms with Crippen molar-refractivity contribution in [2.75, 3.05) is 11.2 Å². The molecule has 0 aliphatic heterocycles. The highest BCUT2D eigenvalue weighted by Crippen LogP contribution is 2.36. The normalized spacial score (nSPS) is 11.5. The molecule has 0 aliphatic carbocycles. The average molecular weight is 550 g/mol. The maximum atomic E-state index is 15.9. The molecule has 3 aromatic carbocycles. The fourth-order valence-electron chi connectivity index (χ4n) is 4.26. The standard InChI is InChI=1S/C29H32FN5O3S/c1-5-19-14-24(28(30)25(15-19)38-18(2)3)35(21-12-10-20(11-13-21)29(31)32)17-27-33-16-23(34-27)22-8-6-7-9-26(22)39(4,36)37/h6-16,18H,5,17H2,1-4H3,(H3,31,32)(H,33,34). The number of nitrogens with one attached hydrogen (secondary N) is 2.